The first-order valence-electron chi connectivity index (χ1n) is 5.06. The lowest BCUT2D eigenvalue weighted by atomic mass is 10.2. The van der Waals surface area contributed by atoms with Crippen molar-refractivity contribution in [1.29, 1.82) is 0 Å². The highest BCUT2D eigenvalue weighted by molar-refractivity contribution is 7.08. The van der Waals surface area contributed by atoms with Crippen molar-refractivity contribution < 1.29 is 19.5 Å². The average Bonchev–Trinajstić information content (AvgIpc) is 2.73. The molecular formula is C9H12N4O4S. The van der Waals surface area contributed by atoms with Gasteiger partial charge in [0.15, 0.2) is 0 Å². The van der Waals surface area contributed by atoms with E-state index in [1.54, 1.807) is 6.92 Å². The number of hydrogen-bond donors (Lipinski definition) is 2. The van der Waals surface area contributed by atoms with Gasteiger partial charge in [0.05, 0.1) is 5.69 Å². The zero-order valence-electron chi connectivity index (χ0n) is 9.62. The van der Waals surface area contributed by atoms with Gasteiger partial charge >= 0.3 is 5.97 Å². The monoisotopic (exact) mass is 272 g/mol. The molecule has 0 bridgehead atoms. The van der Waals surface area contributed by atoms with Crippen LogP contribution in [0.2, 0.25) is 0 Å². The fraction of sp³-hybridized carbons (Fsp3) is 0.444. The minimum Gasteiger partial charge on any atom is -0.480 e. The molecule has 1 aromatic rings. The van der Waals surface area contributed by atoms with Crippen molar-refractivity contribution in [3.63, 3.8) is 0 Å². The van der Waals surface area contributed by atoms with Crippen LogP contribution in [-0.2, 0) is 16.0 Å². The van der Waals surface area contributed by atoms with Crippen LogP contribution >= 0.6 is 11.5 Å². The fourth-order valence-electron chi connectivity index (χ4n) is 1.30. The normalized spacial score (nSPS) is 10.1. The van der Waals surface area contributed by atoms with E-state index in [9.17, 15) is 14.4 Å². The molecule has 8 nitrogen and oxygen atoms in total. The molecule has 3 N–H and O–H groups in total. The Morgan fingerprint density at radius 3 is 2.56 bits per heavy atom. The number of nitrogens with two attached hydrogens (primary N) is 1. The number of carboxylic acids is 1. The van der Waals surface area contributed by atoms with E-state index in [0.29, 0.717) is 12.1 Å². The number of nitrogens with zero attached hydrogens (tertiary/aromatic N) is 3. The number of amides is 2. The number of hydrogen-bond acceptors (Lipinski definition) is 6. The molecule has 1 heterocycles. The molecule has 0 spiro atoms. The van der Waals surface area contributed by atoms with Gasteiger partial charge in [-0.1, -0.05) is 11.4 Å². The number of aromatic nitrogens is 2. The summed E-state index contributed by atoms with van der Waals surface area (Å²) in [5.74, 6) is -2.59. The third-order valence-corrected chi connectivity index (χ3v) is 2.80. The maximum absolute atomic E-state index is 12.0. The Labute approximate surface area is 107 Å². The molecule has 0 aromatic carbocycles. The second kappa shape index (κ2) is 6.05. The maximum Gasteiger partial charge on any atom is 0.323 e. The van der Waals surface area contributed by atoms with Crippen molar-refractivity contribution in [1.82, 2.24) is 14.5 Å². The summed E-state index contributed by atoms with van der Waals surface area (Å²) >= 11 is 0.867. The molecule has 0 aliphatic rings. The van der Waals surface area contributed by atoms with E-state index in [0.717, 1.165) is 16.4 Å². The van der Waals surface area contributed by atoms with Gasteiger partial charge in [0.25, 0.3) is 5.91 Å². The summed E-state index contributed by atoms with van der Waals surface area (Å²) in [7, 11) is 0. The van der Waals surface area contributed by atoms with E-state index in [2.05, 4.69) is 9.59 Å². The zero-order chi connectivity index (χ0) is 13.7. The zero-order valence-corrected chi connectivity index (χ0v) is 10.4. The molecular weight excluding hydrogens is 260 g/mol. The first-order chi connectivity index (χ1) is 8.45. The smallest absolute Gasteiger partial charge is 0.323 e. The molecule has 0 aliphatic carbocycles. The lowest BCUT2D eigenvalue weighted by Gasteiger charge is -2.17. The van der Waals surface area contributed by atoms with E-state index >= 15 is 0 Å². The van der Waals surface area contributed by atoms with Crippen LogP contribution < -0.4 is 5.73 Å². The summed E-state index contributed by atoms with van der Waals surface area (Å²) in [5, 5.41) is 12.4. The van der Waals surface area contributed by atoms with Crippen LogP contribution in [0.15, 0.2) is 0 Å². The number of carboxylic acid groups (broad SMARTS) is 1. The van der Waals surface area contributed by atoms with Crippen molar-refractivity contribution in [2.75, 3.05) is 13.1 Å². The van der Waals surface area contributed by atoms with Crippen LogP contribution in [0.1, 0.15) is 22.3 Å². The van der Waals surface area contributed by atoms with Crippen molar-refractivity contribution >= 4 is 29.3 Å². The molecule has 1 rings (SSSR count). The van der Waals surface area contributed by atoms with Crippen LogP contribution in [0.3, 0.4) is 0 Å². The first-order valence-corrected chi connectivity index (χ1v) is 5.83. The Bertz CT molecular complexity index is 457. The molecule has 0 atom stereocenters. The summed E-state index contributed by atoms with van der Waals surface area (Å²) in [5.41, 5.74) is 5.45. The Hall–Kier alpha value is -2.03. The van der Waals surface area contributed by atoms with Crippen LogP contribution in [0.5, 0.6) is 0 Å². The Kier molecular flexibility index (Phi) is 4.72. The molecule has 0 unspecified atom stereocenters. The van der Waals surface area contributed by atoms with Gasteiger partial charge in [0, 0.05) is 0 Å². The number of aryl methyl sites for hydroxylation is 1. The van der Waals surface area contributed by atoms with Crippen molar-refractivity contribution in [3.05, 3.63) is 10.6 Å². The van der Waals surface area contributed by atoms with Crippen LogP contribution in [0.25, 0.3) is 0 Å². The van der Waals surface area contributed by atoms with Gasteiger partial charge in [-0.25, -0.2) is 0 Å². The minimum absolute atomic E-state index is 0.236. The van der Waals surface area contributed by atoms with Gasteiger partial charge in [-0.3, -0.25) is 14.4 Å². The number of aliphatic carboxylic acids is 1. The van der Waals surface area contributed by atoms with Gasteiger partial charge in [-0.05, 0) is 18.0 Å². The second-order valence-corrected chi connectivity index (χ2v) is 4.18. The molecule has 0 saturated heterocycles. The highest BCUT2D eigenvalue weighted by atomic mass is 32.1. The molecule has 9 heteroatoms. The highest BCUT2D eigenvalue weighted by Gasteiger charge is 2.24. The molecule has 2 amide bonds. The SMILES string of the molecule is CCc1nnsc1C(=O)N(CC(N)=O)CC(=O)O. The predicted octanol–water partition coefficient (Wildman–Crippen LogP) is -0.887. The molecule has 0 saturated carbocycles. The van der Waals surface area contributed by atoms with Gasteiger partial charge in [-0.2, -0.15) is 0 Å². The third-order valence-electron chi connectivity index (χ3n) is 2.04. The second-order valence-electron chi connectivity index (χ2n) is 3.42. The molecule has 0 aliphatic heterocycles. The fourth-order valence-corrected chi connectivity index (χ4v) is 2.02. The summed E-state index contributed by atoms with van der Waals surface area (Å²) in [6.45, 7) is 0.748. The van der Waals surface area contributed by atoms with E-state index in [4.69, 9.17) is 10.8 Å². The molecule has 0 radical (unpaired) electrons. The van der Waals surface area contributed by atoms with E-state index in [1.165, 1.54) is 0 Å². The molecule has 0 fully saturated rings. The highest BCUT2D eigenvalue weighted by Crippen LogP contribution is 2.14. The molecule has 1 aromatic heterocycles. The summed E-state index contributed by atoms with van der Waals surface area (Å²) < 4.78 is 3.64. The quantitative estimate of drug-likeness (QED) is 0.691. The van der Waals surface area contributed by atoms with Gasteiger partial charge in [-0.15, -0.1) is 5.10 Å². The lowest BCUT2D eigenvalue weighted by Crippen LogP contribution is -2.41. The van der Waals surface area contributed by atoms with Crippen LogP contribution in [0, 0.1) is 0 Å². The van der Waals surface area contributed by atoms with E-state index < -0.39 is 30.9 Å². The predicted molar refractivity (Wildman–Crippen MR) is 62.0 cm³/mol. The number of primary amides is 1. The van der Waals surface area contributed by atoms with Gasteiger partial charge < -0.3 is 15.7 Å². The van der Waals surface area contributed by atoms with Gasteiger partial charge in [0.1, 0.15) is 18.0 Å². The van der Waals surface area contributed by atoms with Gasteiger partial charge in [0.2, 0.25) is 5.91 Å². The Morgan fingerprint density at radius 2 is 2.06 bits per heavy atom. The van der Waals surface area contributed by atoms with E-state index in [-0.39, 0.29) is 4.88 Å². The van der Waals surface area contributed by atoms with Crippen LogP contribution in [0.4, 0.5) is 0 Å². The molecule has 18 heavy (non-hydrogen) atoms. The first kappa shape index (κ1) is 14.0. The standard InChI is InChI=1S/C9H12N4O4S/c1-2-5-8(18-12-11-5)9(17)13(3-6(10)14)4-7(15)16/h2-4H2,1H3,(H2,10,14)(H,15,16). The van der Waals surface area contributed by atoms with Crippen molar-refractivity contribution in [2.24, 2.45) is 5.73 Å². The molecule has 98 valence electrons. The number of rotatable bonds is 6. The summed E-state index contributed by atoms with van der Waals surface area (Å²) in [6, 6.07) is 0. The third kappa shape index (κ3) is 3.48. The maximum atomic E-state index is 12.0. The largest absolute Gasteiger partial charge is 0.480 e. The lowest BCUT2D eigenvalue weighted by molar-refractivity contribution is -0.138. The van der Waals surface area contributed by atoms with Crippen LogP contribution in [-0.4, -0.2) is 50.5 Å². The van der Waals surface area contributed by atoms with Crippen molar-refractivity contribution in [3.8, 4) is 0 Å². The number of carbonyl (C=O) groups is 3. The minimum atomic E-state index is -1.22. The summed E-state index contributed by atoms with van der Waals surface area (Å²) in [6.07, 6.45) is 0.495. The van der Waals surface area contributed by atoms with E-state index in [1.807, 2.05) is 0 Å². The Morgan fingerprint density at radius 1 is 1.39 bits per heavy atom. The topological polar surface area (TPSA) is 126 Å². The average molecular weight is 272 g/mol. The summed E-state index contributed by atoms with van der Waals surface area (Å²) in [4.78, 5) is 34.6. The van der Waals surface area contributed by atoms with Crippen molar-refractivity contribution in [2.45, 2.75) is 13.3 Å². The number of carbonyl (C=O) groups excluding carboxylic acids is 2. The Balaban J connectivity index is 2.94.